The molecule has 1 unspecified atom stereocenters. The first kappa shape index (κ1) is 17.1. The van der Waals surface area contributed by atoms with Crippen LogP contribution in [0.4, 0.5) is 0 Å². The first-order valence-corrected chi connectivity index (χ1v) is 8.83. The van der Waals surface area contributed by atoms with Gasteiger partial charge in [-0.05, 0) is 42.3 Å². The highest BCUT2D eigenvalue weighted by atomic mass is 16.5. The van der Waals surface area contributed by atoms with Crippen molar-refractivity contribution in [3.63, 3.8) is 0 Å². The van der Waals surface area contributed by atoms with Crippen LogP contribution in [0.25, 0.3) is 6.08 Å². The van der Waals surface area contributed by atoms with Gasteiger partial charge in [0.1, 0.15) is 24.7 Å². The lowest BCUT2D eigenvalue weighted by atomic mass is 10.0. The highest BCUT2D eigenvalue weighted by Gasteiger charge is 2.23. The number of aliphatic imine (C=N–C) groups is 1. The Hall–Kier alpha value is -3.28. The summed E-state index contributed by atoms with van der Waals surface area (Å²) in [5.74, 6) is 1.05. The SMILES string of the molecule is C/C(=C\c1ccc2c(c1)OCCN=C2O)C1COc2ccccc2C(=O)N1. The predicted molar refractivity (Wildman–Crippen MR) is 103 cm³/mol. The molecule has 2 aromatic carbocycles. The topological polar surface area (TPSA) is 80.2 Å². The van der Waals surface area contributed by atoms with Crippen LogP contribution < -0.4 is 14.8 Å². The molecule has 4 rings (SSSR count). The lowest BCUT2D eigenvalue weighted by Crippen LogP contribution is -2.37. The Morgan fingerprint density at radius 1 is 1.19 bits per heavy atom. The normalized spacial score (nSPS) is 19.3. The fourth-order valence-electron chi connectivity index (χ4n) is 3.16. The van der Waals surface area contributed by atoms with Crippen LogP contribution in [0.5, 0.6) is 11.5 Å². The molecule has 0 fully saturated rings. The first-order chi connectivity index (χ1) is 13.1. The van der Waals surface area contributed by atoms with Crippen molar-refractivity contribution < 1.29 is 19.4 Å². The van der Waals surface area contributed by atoms with Crippen molar-refractivity contribution in [1.29, 1.82) is 0 Å². The number of hydrogen-bond donors (Lipinski definition) is 2. The number of fused-ring (bicyclic) bond motifs is 2. The second-order valence-corrected chi connectivity index (χ2v) is 6.53. The number of ether oxygens (including phenoxy) is 2. The van der Waals surface area contributed by atoms with E-state index in [1.807, 2.05) is 37.3 Å². The Balaban J connectivity index is 1.57. The van der Waals surface area contributed by atoms with Crippen LogP contribution in [0.1, 0.15) is 28.4 Å². The van der Waals surface area contributed by atoms with E-state index in [1.54, 1.807) is 18.2 Å². The van der Waals surface area contributed by atoms with E-state index in [9.17, 15) is 9.90 Å². The Labute approximate surface area is 157 Å². The zero-order valence-electron chi connectivity index (χ0n) is 14.9. The molecule has 6 nitrogen and oxygen atoms in total. The van der Waals surface area contributed by atoms with Gasteiger partial charge in [-0.3, -0.25) is 4.79 Å². The maximum absolute atomic E-state index is 12.5. The van der Waals surface area contributed by atoms with E-state index in [4.69, 9.17) is 9.47 Å². The smallest absolute Gasteiger partial charge is 0.255 e. The van der Waals surface area contributed by atoms with Crippen molar-refractivity contribution in [2.75, 3.05) is 19.8 Å². The molecular formula is C21H20N2O4. The molecule has 2 aliphatic heterocycles. The summed E-state index contributed by atoms with van der Waals surface area (Å²) in [5, 5.41) is 13.0. The standard InChI is InChI=1S/C21H20N2O4/c1-13(17-12-27-18-5-3-2-4-15(18)21(25)23-17)10-14-6-7-16-19(11-14)26-9-8-22-20(16)24/h2-7,10-11,17H,8-9,12H2,1H3,(H,22,24)(H,23,25)/b13-10+. The fraction of sp³-hybridized carbons (Fsp3) is 0.238. The molecule has 27 heavy (non-hydrogen) atoms. The summed E-state index contributed by atoms with van der Waals surface area (Å²) in [4.78, 5) is 16.5. The summed E-state index contributed by atoms with van der Waals surface area (Å²) in [5.41, 5.74) is 3.00. The van der Waals surface area contributed by atoms with Gasteiger partial charge in [-0.15, -0.1) is 0 Å². The van der Waals surface area contributed by atoms with Gasteiger partial charge in [-0.1, -0.05) is 24.3 Å². The van der Waals surface area contributed by atoms with Gasteiger partial charge in [0.15, 0.2) is 0 Å². The Morgan fingerprint density at radius 2 is 2.04 bits per heavy atom. The highest BCUT2D eigenvalue weighted by molar-refractivity contribution is 5.98. The number of aliphatic hydroxyl groups excluding tert-OH is 1. The zero-order chi connectivity index (χ0) is 18.8. The summed E-state index contributed by atoms with van der Waals surface area (Å²) >= 11 is 0. The molecule has 0 aliphatic carbocycles. The van der Waals surface area contributed by atoms with Crippen LogP contribution in [-0.4, -0.2) is 42.7 Å². The number of nitrogens with one attached hydrogen (secondary N) is 1. The summed E-state index contributed by atoms with van der Waals surface area (Å²) in [6.45, 7) is 3.17. The molecule has 6 heteroatoms. The number of amides is 1. The van der Waals surface area contributed by atoms with Crippen molar-refractivity contribution >= 4 is 17.9 Å². The molecule has 2 heterocycles. The maximum atomic E-state index is 12.5. The molecule has 0 aromatic heterocycles. The van der Waals surface area contributed by atoms with E-state index >= 15 is 0 Å². The van der Waals surface area contributed by atoms with Gasteiger partial charge in [0.2, 0.25) is 5.90 Å². The van der Waals surface area contributed by atoms with Crippen molar-refractivity contribution in [2.45, 2.75) is 13.0 Å². The molecule has 0 bridgehead atoms. The Morgan fingerprint density at radius 3 is 2.93 bits per heavy atom. The molecule has 2 aromatic rings. The zero-order valence-corrected chi connectivity index (χ0v) is 14.9. The first-order valence-electron chi connectivity index (χ1n) is 8.83. The Bertz CT molecular complexity index is 949. The van der Waals surface area contributed by atoms with Gasteiger partial charge in [-0.2, -0.15) is 0 Å². The number of aliphatic hydroxyl groups is 1. The number of nitrogens with zero attached hydrogens (tertiary/aromatic N) is 1. The van der Waals surface area contributed by atoms with E-state index in [-0.39, 0.29) is 17.8 Å². The molecule has 1 atom stereocenters. The van der Waals surface area contributed by atoms with Crippen molar-refractivity contribution in [3.8, 4) is 11.5 Å². The third-order valence-electron chi connectivity index (χ3n) is 4.64. The van der Waals surface area contributed by atoms with Gasteiger partial charge < -0.3 is 19.9 Å². The van der Waals surface area contributed by atoms with Crippen LogP contribution >= 0.6 is 0 Å². The molecule has 138 valence electrons. The lowest BCUT2D eigenvalue weighted by molar-refractivity contribution is 0.0945. The van der Waals surface area contributed by atoms with E-state index in [1.165, 1.54) is 0 Å². The van der Waals surface area contributed by atoms with Crippen LogP contribution in [0, 0.1) is 0 Å². The van der Waals surface area contributed by atoms with Crippen molar-refractivity contribution in [1.82, 2.24) is 5.32 Å². The summed E-state index contributed by atoms with van der Waals surface area (Å²) < 4.78 is 11.5. The Kier molecular flexibility index (Phi) is 4.54. The van der Waals surface area contributed by atoms with Gasteiger partial charge >= 0.3 is 0 Å². The van der Waals surface area contributed by atoms with E-state index in [0.717, 1.165) is 11.1 Å². The number of benzene rings is 2. The van der Waals surface area contributed by atoms with Crippen molar-refractivity contribution in [2.24, 2.45) is 4.99 Å². The second-order valence-electron chi connectivity index (χ2n) is 6.53. The molecule has 0 saturated carbocycles. The minimum Gasteiger partial charge on any atom is -0.493 e. The molecule has 0 saturated heterocycles. The molecule has 1 amide bonds. The molecular weight excluding hydrogens is 344 g/mol. The average molecular weight is 364 g/mol. The minimum absolute atomic E-state index is 0.00283. The quantitative estimate of drug-likeness (QED) is 0.859. The van der Waals surface area contributed by atoms with E-state index < -0.39 is 0 Å². The van der Waals surface area contributed by atoms with E-state index in [0.29, 0.717) is 42.4 Å². The van der Waals surface area contributed by atoms with Gasteiger partial charge in [0.25, 0.3) is 5.91 Å². The third kappa shape index (κ3) is 3.51. The average Bonchev–Trinajstić information content (AvgIpc) is 2.96. The molecule has 0 radical (unpaired) electrons. The highest BCUT2D eigenvalue weighted by Crippen LogP contribution is 2.26. The van der Waals surface area contributed by atoms with Crippen LogP contribution in [-0.2, 0) is 0 Å². The van der Waals surface area contributed by atoms with Gasteiger partial charge in [-0.25, -0.2) is 4.99 Å². The summed E-state index contributed by atoms with van der Waals surface area (Å²) in [7, 11) is 0. The third-order valence-corrected chi connectivity index (χ3v) is 4.64. The lowest BCUT2D eigenvalue weighted by Gasteiger charge is -2.16. The van der Waals surface area contributed by atoms with E-state index in [2.05, 4.69) is 10.3 Å². The molecule has 0 spiro atoms. The number of carbonyl (C=O) groups excluding carboxylic acids is 1. The number of carbonyl (C=O) groups is 1. The van der Waals surface area contributed by atoms with Gasteiger partial charge in [0, 0.05) is 0 Å². The number of rotatable bonds is 2. The largest absolute Gasteiger partial charge is 0.493 e. The number of hydrogen-bond acceptors (Lipinski definition) is 4. The van der Waals surface area contributed by atoms with Crippen LogP contribution in [0.15, 0.2) is 53.0 Å². The second kappa shape index (κ2) is 7.15. The fourth-order valence-corrected chi connectivity index (χ4v) is 3.16. The molecule has 2 aliphatic rings. The van der Waals surface area contributed by atoms with Crippen LogP contribution in [0.2, 0.25) is 0 Å². The van der Waals surface area contributed by atoms with Gasteiger partial charge in [0.05, 0.1) is 23.7 Å². The molecule has 2 N–H and O–H groups in total. The predicted octanol–water partition coefficient (Wildman–Crippen LogP) is 2.98. The van der Waals surface area contributed by atoms with Crippen molar-refractivity contribution in [3.05, 3.63) is 64.7 Å². The minimum atomic E-state index is -0.236. The van der Waals surface area contributed by atoms with Crippen LogP contribution in [0.3, 0.4) is 0 Å². The summed E-state index contributed by atoms with van der Waals surface area (Å²) in [6.07, 6.45) is 1.98. The monoisotopic (exact) mass is 364 g/mol. The number of para-hydroxylation sites is 1. The summed E-state index contributed by atoms with van der Waals surface area (Å²) in [6, 6.07) is 12.5. The maximum Gasteiger partial charge on any atom is 0.255 e.